The molecule has 0 saturated carbocycles. The monoisotopic (exact) mass is 307 g/mol. The molecule has 0 radical (unpaired) electrons. The molecule has 0 aliphatic rings. The summed E-state index contributed by atoms with van der Waals surface area (Å²) in [6, 6.07) is 9.26. The van der Waals surface area contributed by atoms with E-state index in [0.29, 0.717) is 28.9 Å². The average Bonchev–Trinajstić information content (AvgIpc) is 2.93. The van der Waals surface area contributed by atoms with Crippen molar-refractivity contribution < 1.29 is 14.3 Å². The zero-order valence-corrected chi connectivity index (χ0v) is 12.7. The largest absolute Gasteiger partial charge is 0.481 e. The third-order valence-electron chi connectivity index (χ3n) is 2.65. The first kappa shape index (κ1) is 15.4. The van der Waals surface area contributed by atoms with Gasteiger partial charge < -0.3 is 9.47 Å². The third kappa shape index (κ3) is 4.51. The number of para-hydroxylation sites is 1. The summed E-state index contributed by atoms with van der Waals surface area (Å²) in [6.07, 6.45) is -0.00745. The number of nitrogens with zero attached hydrogens (tertiary/aromatic N) is 2. The second kappa shape index (κ2) is 7.70. The van der Waals surface area contributed by atoms with E-state index in [4.69, 9.17) is 9.47 Å². The van der Waals surface area contributed by atoms with Crippen LogP contribution in [0.2, 0.25) is 0 Å². The zero-order valence-electron chi connectivity index (χ0n) is 11.9. The highest BCUT2D eigenvalue weighted by Crippen LogP contribution is 2.18. The predicted molar refractivity (Wildman–Crippen MR) is 80.4 cm³/mol. The van der Waals surface area contributed by atoms with E-state index < -0.39 is 6.10 Å². The number of carbonyl (C=O) groups excluding carboxylic acids is 1. The van der Waals surface area contributed by atoms with Gasteiger partial charge in [-0.15, -0.1) is 10.2 Å². The standard InChI is InChI=1S/C14H17N3O3S/c1-3-11(20-10-7-5-4-6-8-10)13(18)15-14-17-16-12(21-14)9-19-2/h4-8,11H,3,9H2,1-2H3,(H,15,17,18). The molecule has 21 heavy (non-hydrogen) atoms. The fourth-order valence-electron chi connectivity index (χ4n) is 1.66. The summed E-state index contributed by atoms with van der Waals surface area (Å²) >= 11 is 1.29. The van der Waals surface area contributed by atoms with E-state index in [1.165, 1.54) is 11.3 Å². The molecule has 0 fully saturated rings. The molecule has 0 aliphatic heterocycles. The van der Waals surface area contributed by atoms with Crippen LogP contribution >= 0.6 is 11.3 Å². The Labute approximate surface area is 127 Å². The molecule has 1 aromatic carbocycles. The van der Waals surface area contributed by atoms with Gasteiger partial charge in [0.15, 0.2) is 6.10 Å². The van der Waals surface area contributed by atoms with Crippen molar-refractivity contribution in [1.82, 2.24) is 10.2 Å². The van der Waals surface area contributed by atoms with Crippen LogP contribution in [0.15, 0.2) is 30.3 Å². The van der Waals surface area contributed by atoms with E-state index in [0.717, 1.165) is 0 Å². The van der Waals surface area contributed by atoms with Gasteiger partial charge in [-0.25, -0.2) is 0 Å². The Morgan fingerprint density at radius 2 is 2.10 bits per heavy atom. The summed E-state index contributed by atoms with van der Waals surface area (Å²) in [5.41, 5.74) is 0. The molecule has 1 unspecified atom stereocenters. The van der Waals surface area contributed by atoms with Crippen molar-refractivity contribution >= 4 is 22.4 Å². The molecule has 1 heterocycles. The van der Waals surface area contributed by atoms with Crippen LogP contribution in [0.3, 0.4) is 0 Å². The van der Waals surface area contributed by atoms with E-state index in [9.17, 15) is 4.79 Å². The normalized spacial score (nSPS) is 11.9. The quantitative estimate of drug-likeness (QED) is 0.850. The molecule has 0 spiro atoms. The summed E-state index contributed by atoms with van der Waals surface area (Å²) in [5, 5.41) is 11.7. The molecule has 2 rings (SSSR count). The molecule has 1 aromatic heterocycles. The summed E-state index contributed by atoms with van der Waals surface area (Å²) in [7, 11) is 1.58. The molecular weight excluding hydrogens is 290 g/mol. The second-order valence-electron chi connectivity index (χ2n) is 4.25. The Bertz CT molecular complexity index is 574. The molecule has 0 saturated heterocycles. The van der Waals surface area contributed by atoms with Gasteiger partial charge in [-0.2, -0.15) is 0 Å². The first-order valence-electron chi connectivity index (χ1n) is 6.56. The van der Waals surface area contributed by atoms with Crippen molar-refractivity contribution in [2.45, 2.75) is 26.1 Å². The Kier molecular flexibility index (Phi) is 5.65. The van der Waals surface area contributed by atoms with Gasteiger partial charge in [0, 0.05) is 7.11 Å². The lowest BCUT2D eigenvalue weighted by Gasteiger charge is -2.16. The highest BCUT2D eigenvalue weighted by Gasteiger charge is 2.20. The minimum atomic E-state index is -0.567. The number of aromatic nitrogens is 2. The van der Waals surface area contributed by atoms with Gasteiger partial charge in [-0.05, 0) is 18.6 Å². The van der Waals surface area contributed by atoms with Crippen LogP contribution in [0.5, 0.6) is 5.75 Å². The highest BCUT2D eigenvalue weighted by molar-refractivity contribution is 7.15. The first-order chi connectivity index (χ1) is 10.2. The number of nitrogens with one attached hydrogen (secondary N) is 1. The second-order valence-corrected chi connectivity index (χ2v) is 5.31. The fourth-order valence-corrected chi connectivity index (χ4v) is 2.37. The maximum absolute atomic E-state index is 12.2. The number of ether oxygens (including phenoxy) is 2. The SMILES string of the molecule is CCC(Oc1ccccc1)C(=O)Nc1nnc(COC)s1. The number of hydrogen-bond acceptors (Lipinski definition) is 6. The Hall–Kier alpha value is -1.99. The molecule has 1 amide bonds. The Morgan fingerprint density at radius 1 is 1.33 bits per heavy atom. The summed E-state index contributed by atoms with van der Waals surface area (Å²) in [4.78, 5) is 12.2. The van der Waals surface area contributed by atoms with Crippen LogP contribution in [0.1, 0.15) is 18.4 Å². The highest BCUT2D eigenvalue weighted by atomic mass is 32.1. The lowest BCUT2D eigenvalue weighted by Crippen LogP contribution is -2.32. The number of rotatable bonds is 7. The maximum Gasteiger partial charge on any atom is 0.267 e. The topological polar surface area (TPSA) is 73.3 Å². The van der Waals surface area contributed by atoms with Gasteiger partial charge in [0.25, 0.3) is 5.91 Å². The molecule has 1 N–H and O–H groups in total. The predicted octanol–water partition coefficient (Wildman–Crippen LogP) is 2.48. The Balaban J connectivity index is 1.96. The van der Waals surface area contributed by atoms with Crippen molar-refractivity contribution in [3.63, 3.8) is 0 Å². The number of carbonyl (C=O) groups is 1. The lowest BCUT2D eigenvalue weighted by molar-refractivity contribution is -0.122. The zero-order chi connectivity index (χ0) is 15.1. The number of anilines is 1. The van der Waals surface area contributed by atoms with E-state index in [-0.39, 0.29) is 5.91 Å². The van der Waals surface area contributed by atoms with Gasteiger partial charge in [0.05, 0.1) is 0 Å². The van der Waals surface area contributed by atoms with Crippen molar-refractivity contribution in [1.29, 1.82) is 0 Å². The van der Waals surface area contributed by atoms with Crippen LogP contribution in [0.25, 0.3) is 0 Å². The molecule has 2 aromatic rings. The first-order valence-corrected chi connectivity index (χ1v) is 7.38. The van der Waals surface area contributed by atoms with E-state index in [1.807, 2.05) is 37.3 Å². The van der Waals surface area contributed by atoms with Crippen LogP contribution in [0.4, 0.5) is 5.13 Å². The van der Waals surface area contributed by atoms with Crippen LogP contribution in [-0.4, -0.2) is 29.3 Å². The molecule has 112 valence electrons. The van der Waals surface area contributed by atoms with E-state index >= 15 is 0 Å². The van der Waals surface area contributed by atoms with Crippen LogP contribution in [0, 0.1) is 0 Å². The molecule has 6 nitrogen and oxygen atoms in total. The van der Waals surface area contributed by atoms with Crippen LogP contribution in [-0.2, 0) is 16.1 Å². The van der Waals surface area contributed by atoms with E-state index in [1.54, 1.807) is 7.11 Å². The smallest absolute Gasteiger partial charge is 0.267 e. The average molecular weight is 307 g/mol. The van der Waals surface area contributed by atoms with Crippen LogP contribution < -0.4 is 10.1 Å². The minimum absolute atomic E-state index is 0.235. The van der Waals surface area contributed by atoms with Crippen molar-refractivity contribution in [2.75, 3.05) is 12.4 Å². The Morgan fingerprint density at radius 3 is 2.76 bits per heavy atom. The van der Waals surface area contributed by atoms with Gasteiger partial charge >= 0.3 is 0 Å². The number of amides is 1. The summed E-state index contributed by atoms with van der Waals surface area (Å²) in [5.74, 6) is 0.429. The van der Waals surface area contributed by atoms with Crippen molar-refractivity contribution in [3.05, 3.63) is 35.3 Å². The number of methoxy groups -OCH3 is 1. The molecule has 0 aliphatic carbocycles. The minimum Gasteiger partial charge on any atom is -0.481 e. The molecule has 1 atom stereocenters. The lowest BCUT2D eigenvalue weighted by atomic mass is 10.2. The number of hydrogen-bond donors (Lipinski definition) is 1. The van der Waals surface area contributed by atoms with Crippen molar-refractivity contribution in [3.8, 4) is 5.75 Å². The fraction of sp³-hybridized carbons (Fsp3) is 0.357. The number of benzene rings is 1. The molecule has 0 bridgehead atoms. The molecule has 7 heteroatoms. The van der Waals surface area contributed by atoms with E-state index in [2.05, 4.69) is 15.5 Å². The van der Waals surface area contributed by atoms with Gasteiger partial charge in [-0.1, -0.05) is 36.5 Å². The summed E-state index contributed by atoms with van der Waals surface area (Å²) < 4.78 is 10.6. The summed E-state index contributed by atoms with van der Waals surface area (Å²) in [6.45, 7) is 2.27. The van der Waals surface area contributed by atoms with Gasteiger partial charge in [0.2, 0.25) is 5.13 Å². The van der Waals surface area contributed by atoms with Gasteiger partial charge in [-0.3, -0.25) is 10.1 Å². The van der Waals surface area contributed by atoms with Crippen molar-refractivity contribution in [2.24, 2.45) is 0 Å². The molecular formula is C14H17N3O3S. The van der Waals surface area contributed by atoms with Gasteiger partial charge in [0.1, 0.15) is 17.4 Å². The maximum atomic E-state index is 12.2. The third-order valence-corrected chi connectivity index (χ3v) is 3.46.